The zero-order valence-corrected chi connectivity index (χ0v) is 20.4. The molecule has 1 unspecified atom stereocenters. The lowest BCUT2D eigenvalue weighted by Gasteiger charge is -2.26. The first-order chi connectivity index (χ1) is 16.4. The first kappa shape index (κ1) is 23.7. The van der Waals surface area contributed by atoms with Gasteiger partial charge in [-0.3, -0.25) is 9.69 Å². The second kappa shape index (κ2) is 9.80. The minimum Gasteiger partial charge on any atom is -0.467 e. The number of methoxy groups -OCH3 is 1. The molecule has 34 heavy (non-hydrogen) atoms. The number of ether oxygens (including phenoxy) is 1. The highest BCUT2D eigenvalue weighted by Gasteiger charge is 2.58. The van der Waals surface area contributed by atoms with E-state index in [9.17, 15) is 9.59 Å². The molecular weight excluding hydrogens is 424 g/mol. The summed E-state index contributed by atoms with van der Waals surface area (Å²) in [7, 11) is 1.37. The Kier molecular flexibility index (Phi) is 6.82. The van der Waals surface area contributed by atoms with E-state index >= 15 is 0 Å². The van der Waals surface area contributed by atoms with Crippen LogP contribution in [0.4, 0.5) is 5.69 Å². The maximum absolute atomic E-state index is 13.7. The van der Waals surface area contributed by atoms with Crippen LogP contribution in [0, 0.1) is 0 Å². The van der Waals surface area contributed by atoms with Crippen molar-refractivity contribution >= 4 is 23.4 Å². The van der Waals surface area contributed by atoms with Crippen LogP contribution in [0.2, 0.25) is 0 Å². The van der Waals surface area contributed by atoms with Crippen LogP contribution in [0.3, 0.4) is 0 Å². The monoisotopic (exact) mass is 456 g/mol. The summed E-state index contributed by atoms with van der Waals surface area (Å²) in [4.78, 5) is 33.1. The number of aliphatic imine (C=N–C) groups is 1. The van der Waals surface area contributed by atoms with Gasteiger partial charge in [-0.15, -0.1) is 0 Å². The van der Waals surface area contributed by atoms with E-state index in [1.807, 2.05) is 36.4 Å². The van der Waals surface area contributed by atoms with Gasteiger partial charge in [0.05, 0.1) is 18.2 Å². The summed E-state index contributed by atoms with van der Waals surface area (Å²) in [6.07, 6.45) is 7.60. The maximum atomic E-state index is 13.7. The molecule has 1 fully saturated rings. The standard InChI is InChI=1S/C29H32N2O3/c1-20(2)11-10-12-21(3)17-18-29-19-25(27(33)34-4)31(26(32)22-13-6-5-7-14-22)28(29)30-24-16-9-8-15-23(24)29/h5-9,11,13-17,25H,10,12,18-19H2,1-4H3/b21-17+/t25-,29?/m0/s1. The summed E-state index contributed by atoms with van der Waals surface area (Å²) in [6.45, 7) is 6.37. The third-order valence-electron chi connectivity index (χ3n) is 6.76. The van der Waals surface area contributed by atoms with Gasteiger partial charge in [-0.25, -0.2) is 9.79 Å². The number of amides is 1. The Balaban J connectivity index is 1.75. The number of rotatable bonds is 7. The van der Waals surface area contributed by atoms with Crippen molar-refractivity contribution < 1.29 is 14.3 Å². The van der Waals surface area contributed by atoms with Crippen molar-refractivity contribution in [1.82, 2.24) is 4.90 Å². The quantitative estimate of drug-likeness (QED) is 0.371. The summed E-state index contributed by atoms with van der Waals surface area (Å²) < 4.78 is 5.14. The molecule has 0 saturated carbocycles. The van der Waals surface area contributed by atoms with E-state index in [1.54, 1.807) is 17.0 Å². The highest BCUT2D eigenvalue weighted by molar-refractivity contribution is 6.16. The van der Waals surface area contributed by atoms with Crippen LogP contribution in [0.5, 0.6) is 0 Å². The highest BCUT2D eigenvalue weighted by atomic mass is 16.5. The van der Waals surface area contributed by atoms with Crippen molar-refractivity contribution in [2.75, 3.05) is 7.11 Å². The van der Waals surface area contributed by atoms with Crippen molar-refractivity contribution in [2.24, 2.45) is 4.99 Å². The highest BCUT2D eigenvalue weighted by Crippen LogP contribution is 2.52. The minimum atomic E-state index is -0.718. The van der Waals surface area contributed by atoms with E-state index in [0.717, 1.165) is 24.1 Å². The number of esters is 1. The number of para-hydroxylation sites is 1. The normalized spacial score (nSPS) is 20.9. The molecule has 176 valence electrons. The maximum Gasteiger partial charge on any atom is 0.329 e. The number of hydrogen-bond donors (Lipinski definition) is 0. The summed E-state index contributed by atoms with van der Waals surface area (Å²) in [5, 5.41) is 0. The van der Waals surface area contributed by atoms with Gasteiger partial charge in [0, 0.05) is 5.56 Å². The largest absolute Gasteiger partial charge is 0.467 e. The van der Waals surface area contributed by atoms with E-state index < -0.39 is 17.4 Å². The molecule has 0 radical (unpaired) electrons. The lowest BCUT2D eigenvalue weighted by molar-refractivity contribution is -0.144. The van der Waals surface area contributed by atoms with Gasteiger partial charge in [0.1, 0.15) is 11.9 Å². The zero-order chi connectivity index (χ0) is 24.3. The van der Waals surface area contributed by atoms with E-state index in [1.165, 1.54) is 18.3 Å². The molecule has 5 heteroatoms. The van der Waals surface area contributed by atoms with Gasteiger partial charge in [-0.05, 0) is 70.2 Å². The number of hydrogen-bond acceptors (Lipinski definition) is 4. The van der Waals surface area contributed by atoms with Gasteiger partial charge in [0.2, 0.25) is 0 Å². The number of nitrogens with zero attached hydrogens (tertiary/aromatic N) is 2. The van der Waals surface area contributed by atoms with Crippen LogP contribution in [0.25, 0.3) is 0 Å². The van der Waals surface area contributed by atoms with Crippen LogP contribution in [-0.2, 0) is 14.9 Å². The van der Waals surface area contributed by atoms with Gasteiger partial charge >= 0.3 is 5.97 Å². The fourth-order valence-electron chi connectivity index (χ4n) is 4.98. The number of fused-ring (bicyclic) bond motifs is 3. The van der Waals surface area contributed by atoms with Crippen molar-refractivity contribution in [2.45, 2.75) is 57.9 Å². The Hall–Kier alpha value is -3.47. The number of benzene rings is 2. The van der Waals surface area contributed by atoms with E-state index in [4.69, 9.17) is 9.73 Å². The molecule has 1 amide bonds. The third-order valence-corrected chi connectivity index (χ3v) is 6.76. The van der Waals surface area contributed by atoms with E-state index in [-0.39, 0.29) is 5.91 Å². The molecule has 0 bridgehead atoms. The molecule has 2 aliphatic heterocycles. The Labute approximate surface area is 201 Å². The van der Waals surface area contributed by atoms with Crippen molar-refractivity contribution in [1.29, 1.82) is 0 Å². The minimum absolute atomic E-state index is 0.228. The number of allylic oxidation sites excluding steroid dienone is 4. The van der Waals surface area contributed by atoms with Gasteiger partial charge in [0.15, 0.2) is 0 Å². The summed E-state index contributed by atoms with van der Waals surface area (Å²) in [5.74, 6) is 0.00230. The summed E-state index contributed by atoms with van der Waals surface area (Å²) >= 11 is 0. The Bertz CT molecular complexity index is 1170. The van der Waals surface area contributed by atoms with Gasteiger partial charge in [0.25, 0.3) is 5.91 Å². The third kappa shape index (κ3) is 4.35. The number of likely N-dealkylation sites (tertiary alicyclic amines) is 1. The smallest absolute Gasteiger partial charge is 0.329 e. The number of carbonyl (C=O) groups excluding carboxylic acids is 2. The predicted molar refractivity (Wildman–Crippen MR) is 135 cm³/mol. The van der Waals surface area contributed by atoms with Crippen LogP contribution in [0.15, 0.2) is 82.9 Å². The van der Waals surface area contributed by atoms with Crippen molar-refractivity contribution in [3.63, 3.8) is 0 Å². The van der Waals surface area contributed by atoms with Crippen molar-refractivity contribution in [3.05, 3.63) is 89.0 Å². The fourth-order valence-corrected chi connectivity index (χ4v) is 4.98. The average Bonchev–Trinajstić information content (AvgIpc) is 3.33. The topological polar surface area (TPSA) is 59.0 Å². The van der Waals surface area contributed by atoms with Crippen LogP contribution < -0.4 is 0 Å². The second-order valence-electron chi connectivity index (χ2n) is 9.39. The lowest BCUT2D eigenvalue weighted by atomic mass is 9.75. The molecule has 2 aromatic rings. The molecule has 2 aliphatic rings. The first-order valence-corrected chi connectivity index (χ1v) is 11.8. The average molecular weight is 457 g/mol. The van der Waals surface area contributed by atoms with Crippen LogP contribution in [-0.4, -0.2) is 35.8 Å². The van der Waals surface area contributed by atoms with Gasteiger partial charge in [-0.2, -0.15) is 0 Å². The summed E-state index contributed by atoms with van der Waals surface area (Å²) in [6, 6.07) is 16.4. The second-order valence-corrected chi connectivity index (χ2v) is 9.39. The zero-order valence-electron chi connectivity index (χ0n) is 20.4. The van der Waals surface area contributed by atoms with Crippen molar-refractivity contribution in [3.8, 4) is 0 Å². The molecule has 0 aliphatic carbocycles. The van der Waals surface area contributed by atoms with Gasteiger partial charge in [-0.1, -0.05) is 59.7 Å². The summed E-state index contributed by atoms with van der Waals surface area (Å²) in [5.41, 5.74) is 4.52. The molecule has 4 rings (SSSR count). The molecule has 5 nitrogen and oxygen atoms in total. The lowest BCUT2D eigenvalue weighted by Crippen LogP contribution is -2.44. The fraction of sp³-hybridized carbons (Fsp3) is 0.345. The molecule has 0 aromatic heterocycles. The molecule has 0 spiro atoms. The first-order valence-electron chi connectivity index (χ1n) is 11.8. The van der Waals surface area contributed by atoms with E-state index in [0.29, 0.717) is 24.2 Å². The van der Waals surface area contributed by atoms with Crippen LogP contribution >= 0.6 is 0 Å². The molecule has 2 aromatic carbocycles. The predicted octanol–water partition coefficient (Wildman–Crippen LogP) is 6.14. The Morgan fingerprint density at radius 1 is 1.06 bits per heavy atom. The number of amidine groups is 1. The molecule has 0 N–H and O–H groups in total. The van der Waals surface area contributed by atoms with E-state index in [2.05, 4.69) is 39.0 Å². The number of carbonyl (C=O) groups is 2. The Morgan fingerprint density at radius 3 is 2.47 bits per heavy atom. The van der Waals surface area contributed by atoms with Crippen LogP contribution in [0.1, 0.15) is 62.4 Å². The molecular formula is C29H32N2O3. The molecule has 2 heterocycles. The van der Waals surface area contributed by atoms with Gasteiger partial charge < -0.3 is 4.74 Å². The Morgan fingerprint density at radius 2 is 1.76 bits per heavy atom. The molecule has 1 saturated heterocycles. The SMILES string of the molecule is COC(=O)[C@@H]1CC2(C/C=C(\C)CCC=C(C)C)C(=Nc3ccccc32)N1C(=O)c1ccccc1. The molecule has 2 atom stereocenters.